The van der Waals surface area contributed by atoms with E-state index in [4.69, 9.17) is 13.9 Å². The molecular weight excluding hydrogens is 385 g/mol. The van der Waals surface area contributed by atoms with Crippen LogP contribution in [0.5, 0.6) is 11.5 Å². The Balaban J connectivity index is 1.56. The molecule has 0 saturated heterocycles. The summed E-state index contributed by atoms with van der Waals surface area (Å²) in [7, 11) is 3.10. The van der Waals surface area contributed by atoms with Gasteiger partial charge in [-0.05, 0) is 29.8 Å². The molecule has 0 radical (unpaired) electrons. The summed E-state index contributed by atoms with van der Waals surface area (Å²) in [6, 6.07) is 11.2. The number of benzene rings is 2. The molecule has 1 heterocycles. The van der Waals surface area contributed by atoms with E-state index in [1.165, 1.54) is 19.2 Å². The van der Waals surface area contributed by atoms with E-state index in [0.717, 1.165) is 17.3 Å². The molecule has 0 spiro atoms. The van der Waals surface area contributed by atoms with Gasteiger partial charge in [0.2, 0.25) is 5.91 Å². The molecule has 0 aliphatic heterocycles. The van der Waals surface area contributed by atoms with Crippen molar-refractivity contribution in [1.82, 2.24) is 15.5 Å². The molecule has 1 amide bonds. The Hall–Kier alpha value is -3.07. The van der Waals surface area contributed by atoms with Gasteiger partial charge in [0, 0.05) is 12.6 Å². The molecule has 146 valence electrons. The third-order valence-electron chi connectivity index (χ3n) is 3.78. The highest BCUT2D eigenvalue weighted by Gasteiger charge is 2.15. The van der Waals surface area contributed by atoms with E-state index >= 15 is 0 Å². The molecule has 0 bridgehead atoms. The predicted molar refractivity (Wildman–Crippen MR) is 102 cm³/mol. The van der Waals surface area contributed by atoms with Gasteiger partial charge in [-0.1, -0.05) is 23.9 Å². The zero-order valence-corrected chi connectivity index (χ0v) is 16.1. The van der Waals surface area contributed by atoms with Crippen LogP contribution >= 0.6 is 11.8 Å². The molecule has 0 fully saturated rings. The first kappa shape index (κ1) is 19.7. The number of aromatic nitrogens is 2. The molecule has 1 aromatic heterocycles. The van der Waals surface area contributed by atoms with Crippen LogP contribution in [-0.4, -0.2) is 36.1 Å². The molecule has 3 aromatic rings. The van der Waals surface area contributed by atoms with Crippen LogP contribution in [0, 0.1) is 5.82 Å². The number of nitrogens with zero attached hydrogens (tertiary/aromatic N) is 2. The van der Waals surface area contributed by atoms with Crippen LogP contribution in [-0.2, 0) is 11.3 Å². The minimum Gasteiger partial charge on any atom is -0.497 e. The molecule has 7 nitrogen and oxygen atoms in total. The molecule has 2 aromatic carbocycles. The molecule has 28 heavy (non-hydrogen) atoms. The van der Waals surface area contributed by atoms with Crippen LogP contribution in [0.3, 0.4) is 0 Å². The summed E-state index contributed by atoms with van der Waals surface area (Å²) in [6.07, 6.45) is 0. The highest BCUT2D eigenvalue weighted by Crippen LogP contribution is 2.33. The van der Waals surface area contributed by atoms with Crippen LogP contribution in [0.2, 0.25) is 0 Å². The van der Waals surface area contributed by atoms with Crippen molar-refractivity contribution in [1.29, 1.82) is 0 Å². The molecule has 0 atom stereocenters. The normalized spacial score (nSPS) is 10.5. The van der Waals surface area contributed by atoms with E-state index < -0.39 is 0 Å². The summed E-state index contributed by atoms with van der Waals surface area (Å²) in [5, 5.41) is 11.0. The van der Waals surface area contributed by atoms with Gasteiger partial charge in [-0.2, -0.15) is 0 Å². The molecule has 3 rings (SSSR count). The summed E-state index contributed by atoms with van der Waals surface area (Å²) < 4.78 is 29.0. The number of methoxy groups -OCH3 is 2. The number of amides is 1. The topological polar surface area (TPSA) is 86.5 Å². The van der Waals surface area contributed by atoms with Crippen molar-refractivity contribution in [2.24, 2.45) is 0 Å². The zero-order chi connectivity index (χ0) is 19.9. The van der Waals surface area contributed by atoms with Crippen molar-refractivity contribution in [3.8, 4) is 23.0 Å². The lowest BCUT2D eigenvalue weighted by Gasteiger charge is -2.07. The van der Waals surface area contributed by atoms with Crippen molar-refractivity contribution in [3.63, 3.8) is 0 Å². The van der Waals surface area contributed by atoms with Gasteiger partial charge in [0.25, 0.3) is 11.1 Å². The minimum atomic E-state index is -0.314. The highest BCUT2D eigenvalue weighted by molar-refractivity contribution is 7.99. The lowest BCUT2D eigenvalue weighted by molar-refractivity contribution is -0.118. The first-order valence-electron chi connectivity index (χ1n) is 8.29. The maximum atomic E-state index is 12.9. The Morgan fingerprint density at radius 1 is 1.14 bits per heavy atom. The second kappa shape index (κ2) is 9.23. The van der Waals surface area contributed by atoms with E-state index in [1.54, 1.807) is 37.4 Å². The number of rotatable bonds is 8. The number of carbonyl (C=O) groups excluding carboxylic acids is 1. The number of carbonyl (C=O) groups is 1. The number of thioether (sulfide) groups is 1. The maximum Gasteiger partial charge on any atom is 0.277 e. The molecule has 0 saturated carbocycles. The Morgan fingerprint density at radius 3 is 2.64 bits per heavy atom. The maximum absolute atomic E-state index is 12.9. The van der Waals surface area contributed by atoms with Gasteiger partial charge in [0.15, 0.2) is 0 Å². The average molecular weight is 403 g/mol. The van der Waals surface area contributed by atoms with Gasteiger partial charge in [0.05, 0.1) is 25.5 Å². The summed E-state index contributed by atoms with van der Waals surface area (Å²) in [4.78, 5) is 12.0. The monoisotopic (exact) mass is 403 g/mol. The molecule has 0 unspecified atom stereocenters. The third-order valence-corrected chi connectivity index (χ3v) is 4.59. The second-order valence-electron chi connectivity index (χ2n) is 5.63. The standard InChI is InChI=1S/C19H18FN3O4S/c1-25-14-7-8-15(16(9-14)26-2)18-22-23-19(27-18)28-11-17(24)21-10-12-3-5-13(20)6-4-12/h3-9H,10-11H2,1-2H3,(H,21,24). The fraction of sp³-hybridized carbons (Fsp3) is 0.211. The summed E-state index contributed by atoms with van der Waals surface area (Å²) in [6.45, 7) is 0.317. The highest BCUT2D eigenvalue weighted by atomic mass is 32.2. The predicted octanol–water partition coefficient (Wildman–Crippen LogP) is 3.30. The molecule has 0 aliphatic carbocycles. The lowest BCUT2D eigenvalue weighted by atomic mass is 10.2. The van der Waals surface area contributed by atoms with Crippen LogP contribution in [0.15, 0.2) is 52.1 Å². The summed E-state index contributed by atoms with van der Waals surface area (Å²) >= 11 is 1.12. The van der Waals surface area contributed by atoms with Crippen molar-refractivity contribution in [2.45, 2.75) is 11.8 Å². The van der Waals surface area contributed by atoms with Gasteiger partial charge in [0.1, 0.15) is 17.3 Å². The molecule has 9 heteroatoms. The Labute approximate surface area is 165 Å². The number of hydrogen-bond donors (Lipinski definition) is 1. The van der Waals surface area contributed by atoms with Gasteiger partial charge in [-0.25, -0.2) is 4.39 Å². The van der Waals surface area contributed by atoms with E-state index in [1.807, 2.05) is 0 Å². The quantitative estimate of drug-likeness (QED) is 0.578. The van der Waals surface area contributed by atoms with E-state index in [-0.39, 0.29) is 28.6 Å². The molecular formula is C19H18FN3O4S. The number of halogens is 1. The number of nitrogens with one attached hydrogen (secondary N) is 1. The Morgan fingerprint density at radius 2 is 1.93 bits per heavy atom. The third kappa shape index (κ3) is 5.01. The van der Waals surface area contributed by atoms with Crippen LogP contribution in [0.1, 0.15) is 5.56 Å². The second-order valence-corrected chi connectivity index (χ2v) is 6.56. The van der Waals surface area contributed by atoms with Gasteiger partial charge in [-0.15, -0.1) is 10.2 Å². The van der Waals surface area contributed by atoms with Crippen LogP contribution in [0.25, 0.3) is 11.5 Å². The van der Waals surface area contributed by atoms with Crippen molar-refractivity contribution in [3.05, 3.63) is 53.8 Å². The fourth-order valence-electron chi connectivity index (χ4n) is 2.33. The van der Waals surface area contributed by atoms with Gasteiger partial charge < -0.3 is 19.2 Å². The fourth-order valence-corrected chi connectivity index (χ4v) is 2.93. The van der Waals surface area contributed by atoms with Crippen molar-refractivity contribution in [2.75, 3.05) is 20.0 Å². The molecule has 1 N–H and O–H groups in total. The van der Waals surface area contributed by atoms with E-state index in [0.29, 0.717) is 23.6 Å². The van der Waals surface area contributed by atoms with Gasteiger partial charge >= 0.3 is 0 Å². The SMILES string of the molecule is COc1ccc(-c2nnc(SCC(=O)NCc3ccc(F)cc3)o2)c(OC)c1. The van der Waals surface area contributed by atoms with Crippen molar-refractivity contribution >= 4 is 17.7 Å². The largest absolute Gasteiger partial charge is 0.497 e. The lowest BCUT2D eigenvalue weighted by Crippen LogP contribution is -2.24. The first-order valence-corrected chi connectivity index (χ1v) is 9.27. The first-order chi connectivity index (χ1) is 13.6. The smallest absolute Gasteiger partial charge is 0.277 e. The Bertz CT molecular complexity index is 947. The van der Waals surface area contributed by atoms with Crippen LogP contribution < -0.4 is 14.8 Å². The van der Waals surface area contributed by atoms with E-state index in [9.17, 15) is 9.18 Å². The Kier molecular flexibility index (Phi) is 6.49. The van der Waals surface area contributed by atoms with Gasteiger partial charge in [-0.3, -0.25) is 4.79 Å². The number of ether oxygens (including phenoxy) is 2. The van der Waals surface area contributed by atoms with Crippen molar-refractivity contribution < 1.29 is 23.1 Å². The van der Waals surface area contributed by atoms with Crippen LogP contribution in [0.4, 0.5) is 4.39 Å². The summed E-state index contributed by atoms with van der Waals surface area (Å²) in [5.41, 5.74) is 1.44. The summed E-state index contributed by atoms with van der Waals surface area (Å²) in [5.74, 6) is 1.07. The average Bonchev–Trinajstić information content (AvgIpc) is 3.20. The zero-order valence-electron chi connectivity index (χ0n) is 15.3. The molecule has 0 aliphatic rings. The minimum absolute atomic E-state index is 0.114. The number of hydrogen-bond acceptors (Lipinski definition) is 7. The van der Waals surface area contributed by atoms with E-state index in [2.05, 4.69) is 15.5 Å².